The van der Waals surface area contributed by atoms with Gasteiger partial charge in [0.05, 0.1) is 7.11 Å². The third-order valence-electron chi connectivity index (χ3n) is 4.26. The van der Waals surface area contributed by atoms with Crippen LogP contribution in [-0.2, 0) is 0 Å². The van der Waals surface area contributed by atoms with Crippen molar-refractivity contribution in [1.29, 1.82) is 0 Å². The number of nitrogens with two attached hydrogens (primary N) is 1. The second kappa shape index (κ2) is 8.40. The molecule has 0 aliphatic rings. The molecule has 3 nitrogen and oxygen atoms in total. The molecular weight excluding hydrogens is 260 g/mol. The first kappa shape index (κ1) is 18.0. The van der Waals surface area contributed by atoms with Gasteiger partial charge in [-0.15, -0.1) is 0 Å². The Balaban J connectivity index is 3.04. The van der Waals surface area contributed by atoms with Crippen LogP contribution in [0.25, 0.3) is 0 Å². The molecule has 0 aliphatic heterocycles. The minimum absolute atomic E-state index is 0.122. The second-order valence-electron chi connectivity index (χ2n) is 6.44. The molecule has 1 aromatic carbocycles. The van der Waals surface area contributed by atoms with E-state index >= 15 is 0 Å². The molecule has 0 amide bonds. The van der Waals surface area contributed by atoms with E-state index in [0.717, 1.165) is 12.2 Å². The van der Waals surface area contributed by atoms with E-state index in [9.17, 15) is 0 Å². The fraction of sp³-hybridized carbons (Fsp3) is 0.667. The molecule has 0 saturated heterocycles. The summed E-state index contributed by atoms with van der Waals surface area (Å²) < 4.78 is 5.36. The third-order valence-corrected chi connectivity index (χ3v) is 4.26. The predicted molar refractivity (Wildman–Crippen MR) is 90.7 cm³/mol. The lowest BCUT2D eigenvalue weighted by molar-refractivity contribution is 0.142. The average Bonchev–Trinajstić information content (AvgIpc) is 2.46. The van der Waals surface area contributed by atoms with Gasteiger partial charge in [-0.2, -0.15) is 0 Å². The van der Waals surface area contributed by atoms with Gasteiger partial charge in [-0.05, 0) is 50.4 Å². The highest BCUT2D eigenvalue weighted by Gasteiger charge is 2.27. The van der Waals surface area contributed by atoms with Crippen molar-refractivity contribution in [3.05, 3.63) is 29.8 Å². The van der Waals surface area contributed by atoms with Gasteiger partial charge in [0, 0.05) is 18.1 Å². The highest BCUT2D eigenvalue weighted by Crippen LogP contribution is 2.29. The predicted octanol–water partition coefficient (Wildman–Crippen LogP) is 3.84. The molecule has 0 spiro atoms. The summed E-state index contributed by atoms with van der Waals surface area (Å²) in [7, 11) is 3.89. The molecule has 0 fully saturated rings. The van der Waals surface area contributed by atoms with E-state index in [1.807, 2.05) is 12.1 Å². The Morgan fingerprint density at radius 1 is 1.24 bits per heavy atom. The lowest BCUT2D eigenvalue weighted by atomic mass is 9.93. The summed E-state index contributed by atoms with van der Waals surface area (Å²) in [5.74, 6) is 1.58. The third kappa shape index (κ3) is 5.01. The Kier molecular flexibility index (Phi) is 7.20. The van der Waals surface area contributed by atoms with Crippen molar-refractivity contribution in [2.24, 2.45) is 11.7 Å². The fourth-order valence-corrected chi connectivity index (χ4v) is 2.96. The van der Waals surface area contributed by atoms with Crippen molar-refractivity contribution in [3.63, 3.8) is 0 Å². The number of hydrogen-bond donors (Lipinski definition) is 1. The maximum atomic E-state index is 6.43. The molecule has 3 heteroatoms. The summed E-state index contributed by atoms with van der Waals surface area (Å²) in [4.78, 5) is 2.42. The molecule has 0 heterocycles. The molecule has 3 atom stereocenters. The van der Waals surface area contributed by atoms with E-state index in [1.165, 1.54) is 12.0 Å². The van der Waals surface area contributed by atoms with E-state index in [1.54, 1.807) is 7.11 Å². The van der Waals surface area contributed by atoms with Crippen molar-refractivity contribution in [3.8, 4) is 5.75 Å². The van der Waals surface area contributed by atoms with Crippen molar-refractivity contribution in [2.45, 2.75) is 58.7 Å². The molecule has 0 radical (unpaired) electrons. The van der Waals surface area contributed by atoms with Gasteiger partial charge in [-0.3, -0.25) is 4.90 Å². The van der Waals surface area contributed by atoms with Crippen LogP contribution in [0.15, 0.2) is 24.3 Å². The normalized spacial score (nSPS) is 16.0. The molecule has 0 saturated carbocycles. The number of nitrogens with zero attached hydrogens (tertiary/aromatic N) is 1. The Morgan fingerprint density at radius 3 is 2.43 bits per heavy atom. The highest BCUT2D eigenvalue weighted by atomic mass is 16.5. The number of methoxy groups -OCH3 is 1. The molecule has 1 aromatic rings. The van der Waals surface area contributed by atoms with Crippen LogP contribution >= 0.6 is 0 Å². The summed E-state index contributed by atoms with van der Waals surface area (Å²) in [6.45, 7) is 8.98. The lowest BCUT2D eigenvalue weighted by Crippen LogP contribution is -2.43. The molecule has 120 valence electrons. The maximum Gasteiger partial charge on any atom is 0.119 e. The Labute approximate surface area is 130 Å². The minimum Gasteiger partial charge on any atom is -0.497 e. The zero-order valence-corrected chi connectivity index (χ0v) is 14.5. The van der Waals surface area contributed by atoms with E-state index in [-0.39, 0.29) is 12.1 Å². The monoisotopic (exact) mass is 292 g/mol. The Hall–Kier alpha value is -1.06. The van der Waals surface area contributed by atoms with Crippen LogP contribution < -0.4 is 10.5 Å². The molecule has 0 bridgehead atoms. The van der Waals surface area contributed by atoms with Crippen LogP contribution in [0.5, 0.6) is 5.75 Å². The standard InChI is InChI=1S/C18H32N2O/c1-7-17(19)18(20(5)14(4)11-13(2)3)15-9-8-10-16(12-15)21-6/h8-10,12-14,17-18H,7,11,19H2,1-6H3. The fourth-order valence-electron chi connectivity index (χ4n) is 2.96. The summed E-state index contributed by atoms with van der Waals surface area (Å²) >= 11 is 0. The van der Waals surface area contributed by atoms with Crippen LogP contribution in [0.2, 0.25) is 0 Å². The van der Waals surface area contributed by atoms with E-state index in [0.29, 0.717) is 12.0 Å². The molecule has 0 aromatic heterocycles. The van der Waals surface area contributed by atoms with Crippen LogP contribution in [0, 0.1) is 5.92 Å². The number of ether oxygens (including phenoxy) is 1. The number of rotatable bonds is 8. The number of benzene rings is 1. The molecule has 3 unspecified atom stereocenters. The van der Waals surface area contributed by atoms with Gasteiger partial charge in [0.25, 0.3) is 0 Å². The van der Waals surface area contributed by atoms with Gasteiger partial charge in [0.15, 0.2) is 0 Å². The van der Waals surface area contributed by atoms with Gasteiger partial charge in [-0.25, -0.2) is 0 Å². The quantitative estimate of drug-likeness (QED) is 0.791. The first-order chi connectivity index (χ1) is 9.90. The lowest BCUT2D eigenvalue weighted by Gasteiger charge is -2.37. The topological polar surface area (TPSA) is 38.5 Å². The van der Waals surface area contributed by atoms with Crippen LogP contribution in [0.4, 0.5) is 0 Å². The summed E-state index contributed by atoms with van der Waals surface area (Å²) in [5, 5.41) is 0. The average molecular weight is 292 g/mol. The van der Waals surface area contributed by atoms with Crippen molar-refractivity contribution >= 4 is 0 Å². The van der Waals surface area contributed by atoms with E-state index in [2.05, 4.69) is 51.8 Å². The first-order valence-electron chi connectivity index (χ1n) is 8.02. The van der Waals surface area contributed by atoms with Gasteiger partial charge in [0.2, 0.25) is 0 Å². The van der Waals surface area contributed by atoms with Crippen LogP contribution in [0.1, 0.15) is 52.1 Å². The van der Waals surface area contributed by atoms with Crippen molar-refractivity contribution in [1.82, 2.24) is 4.90 Å². The largest absolute Gasteiger partial charge is 0.497 e. The van der Waals surface area contributed by atoms with Crippen LogP contribution in [-0.4, -0.2) is 31.1 Å². The van der Waals surface area contributed by atoms with Crippen LogP contribution in [0.3, 0.4) is 0 Å². The second-order valence-corrected chi connectivity index (χ2v) is 6.44. The zero-order valence-electron chi connectivity index (χ0n) is 14.5. The molecule has 21 heavy (non-hydrogen) atoms. The molecule has 1 rings (SSSR count). The van der Waals surface area contributed by atoms with Crippen molar-refractivity contribution in [2.75, 3.05) is 14.2 Å². The van der Waals surface area contributed by atoms with Crippen molar-refractivity contribution < 1.29 is 4.74 Å². The van der Waals surface area contributed by atoms with Gasteiger partial charge in [0.1, 0.15) is 5.75 Å². The van der Waals surface area contributed by atoms with Gasteiger partial charge < -0.3 is 10.5 Å². The Bertz CT molecular complexity index is 419. The first-order valence-corrected chi connectivity index (χ1v) is 8.02. The summed E-state index contributed by atoms with van der Waals surface area (Å²) in [6, 6.07) is 9.13. The highest BCUT2D eigenvalue weighted by molar-refractivity contribution is 5.31. The van der Waals surface area contributed by atoms with E-state index in [4.69, 9.17) is 10.5 Å². The van der Waals surface area contributed by atoms with E-state index < -0.39 is 0 Å². The zero-order chi connectivity index (χ0) is 16.0. The summed E-state index contributed by atoms with van der Waals surface area (Å²) in [5.41, 5.74) is 7.67. The summed E-state index contributed by atoms with van der Waals surface area (Å²) in [6.07, 6.45) is 2.13. The number of hydrogen-bond acceptors (Lipinski definition) is 3. The smallest absolute Gasteiger partial charge is 0.119 e. The maximum absolute atomic E-state index is 6.43. The van der Waals surface area contributed by atoms with Gasteiger partial charge >= 0.3 is 0 Å². The number of likely N-dealkylation sites (N-methyl/N-ethyl adjacent to an activating group) is 1. The molecular formula is C18H32N2O. The Morgan fingerprint density at radius 2 is 1.90 bits per heavy atom. The minimum atomic E-state index is 0.122. The molecule has 2 N–H and O–H groups in total. The SMILES string of the molecule is CCC(N)C(c1cccc(OC)c1)N(C)C(C)CC(C)C. The molecule has 0 aliphatic carbocycles. The van der Waals surface area contributed by atoms with Gasteiger partial charge in [-0.1, -0.05) is 32.9 Å².